The average Bonchev–Trinajstić information content (AvgIpc) is 2.51. The largest absolute Gasteiger partial charge is 0.480 e. The monoisotopic (exact) mass is 342 g/mol. The van der Waals surface area contributed by atoms with Gasteiger partial charge in [0, 0.05) is 0 Å². The van der Waals surface area contributed by atoms with Crippen LogP contribution in [-0.4, -0.2) is 36.1 Å². The van der Waals surface area contributed by atoms with Crippen molar-refractivity contribution < 1.29 is 14.7 Å². The smallest absolute Gasteiger partial charge is 0.326 e. The Morgan fingerprint density at radius 3 is 1.96 bits per heavy atom. The molecule has 0 aliphatic rings. The highest BCUT2D eigenvalue weighted by molar-refractivity contribution is 5.84. The Kier molecular flexibility index (Phi) is 14.7. The first-order chi connectivity index (χ1) is 11.5. The second kappa shape index (κ2) is 15.4. The molecule has 0 aromatic heterocycles. The molecule has 0 saturated carbocycles. The van der Waals surface area contributed by atoms with Gasteiger partial charge in [0.25, 0.3) is 0 Å². The summed E-state index contributed by atoms with van der Waals surface area (Å²) in [5.74, 6) is -0.962. The summed E-state index contributed by atoms with van der Waals surface area (Å²) in [6.45, 7) is 7.14. The maximum Gasteiger partial charge on any atom is 0.326 e. The summed E-state index contributed by atoms with van der Waals surface area (Å²) < 4.78 is 0. The average molecular weight is 343 g/mol. The molecule has 0 heterocycles. The number of carboxylic acids is 1. The van der Waals surface area contributed by atoms with Gasteiger partial charge in [-0.15, -0.1) is 0 Å². The van der Waals surface area contributed by atoms with Crippen molar-refractivity contribution in [3.05, 3.63) is 0 Å². The summed E-state index contributed by atoms with van der Waals surface area (Å²) in [7, 11) is 0. The lowest BCUT2D eigenvalue weighted by molar-refractivity contribution is -0.142. The number of amides is 1. The highest BCUT2D eigenvalue weighted by atomic mass is 16.4. The van der Waals surface area contributed by atoms with Gasteiger partial charge >= 0.3 is 5.97 Å². The third-order valence-corrected chi connectivity index (χ3v) is 4.08. The second-order valence-corrected chi connectivity index (χ2v) is 7.09. The van der Waals surface area contributed by atoms with Crippen LogP contribution in [-0.2, 0) is 9.59 Å². The van der Waals surface area contributed by atoms with Gasteiger partial charge in [-0.25, -0.2) is 4.79 Å². The Morgan fingerprint density at radius 1 is 0.917 bits per heavy atom. The number of unbranched alkanes of at least 4 members (excludes halogenated alkanes) is 8. The minimum Gasteiger partial charge on any atom is -0.480 e. The summed E-state index contributed by atoms with van der Waals surface area (Å²) in [5.41, 5.74) is 0. The summed E-state index contributed by atoms with van der Waals surface area (Å²) in [5, 5.41) is 14.8. The number of aliphatic carboxylic acids is 1. The number of hydrogen-bond donors (Lipinski definition) is 3. The Labute approximate surface area is 148 Å². The lowest BCUT2D eigenvalue weighted by atomic mass is 10.0. The quantitative estimate of drug-likeness (QED) is 0.374. The van der Waals surface area contributed by atoms with Crippen LogP contribution in [0.1, 0.15) is 85.0 Å². The molecule has 0 saturated heterocycles. The van der Waals surface area contributed by atoms with E-state index in [0.29, 0.717) is 6.42 Å². The summed E-state index contributed by atoms with van der Waals surface area (Å²) >= 11 is 0. The molecule has 0 fully saturated rings. The molecule has 0 aromatic rings. The molecule has 0 aliphatic heterocycles. The lowest BCUT2D eigenvalue weighted by Crippen LogP contribution is -2.45. The van der Waals surface area contributed by atoms with Crippen LogP contribution in [0, 0.1) is 5.92 Å². The van der Waals surface area contributed by atoms with E-state index in [4.69, 9.17) is 5.11 Å². The molecule has 1 amide bonds. The minimum atomic E-state index is -0.962. The van der Waals surface area contributed by atoms with Crippen molar-refractivity contribution in [2.24, 2.45) is 5.92 Å². The fourth-order valence-electron chi connectivity index (χ4n) is 2.70. The molecule has 5 heteroatoms. The minimum absolute atomic E-state index is 0.193. The highest BCUT2D eigenvalue weighted by Crippen LogP contribution is 2.09. The van der Waals surface area contributed by atoms with E-state index in [1.54, 1.807) is 0 Å². The van der Waals surface area contributed by atoms with E-state index >= 15 is 0 Å². The highest BCUT2D eigenvalue weighted by Gasteiger charge is 2.20. The molecule has 142 valence electrons. The number of hydrogen-bond acceptors (Lipinski definition) is 3. The van der Waals surface area contributed by atoms with Crippen molar-refractivity contribution in [1.82, 2.24) is 10.6 Å². The molecule has 0 radical (unpaired) electrons. The molecule has 0 spiro atoms. The van der Waals surface area contributed by atoms with Gasteiger partial charge in [-0.2, -0.15) is 0 Å². The van der Waals surface area contributed by atoms with Crippen LogP contribution in [0.2, 0.25) is 0 Å². The van der Waals surface area contributed by atoms with Gasteiger partial charge in [-0.3, -0.25) is 4.79 Å². The van der Waals surface area contributed by atoms with E-state index in [9.17, 15) is 9.59 Å². The van der Waals surface area contributed by atoms with E-state index < -0.39 is 12.0 Å². The van der Waals surface area contributed by atoms with Gasteiger partial charge in [-0.05, 0) is 25.3 Å². The number of carbonyl (C=O) groups is 2. The van der Waals surface area contributed by atoms with Crippen molar-refractivity contribution in [1.29, 1.82) is 0 Å². The Hall–Kier alpha value is -1.10. The van der Waals surface area contributed by atoms with E-state index in [2.05, 4.69) is 17.6 Å². The first-order valence-electron chi connectivity index (χ1n) is 9.70. The Bertz CT molecular complexity index is 333. The molecule has 0 bridgehead atoms. The van der Waals surface area contributed by atoms with Crippen LogP contribution in [0.25, 0.3) is 0 Å². The normalized spacial score (nSPS) is 12.3. The maximum atomic E-state index is 11.8. The van der Waals surface area contributed by atoms with Crippen LogP contribution in [0.15, 0.2) is 0 Å². The predicted octanol–water partition coefficient (Wildman–Crippen LogP) is 3.72. The predicted molar refractivity (Wildman–Crippen MR) is 99.1 cm³/mol. The molecule has 1 atom stereocenters. The van der Waals surface area contributed by atoms with Crippen molar-refractivity contribution in [2.75, 3.05) is 13.1 Å². The fraction of sp³-hybridized carbons (Fsp3) is 0.895. The van der Waals surface area contributed by atoms with E-state index in [1.165, 1.54) is 51.4 Å². The van der Waals surface area contributed by atoms with E-state index in [-0.39, 0.29) is 18.4 Å². The second-order valence-electron chi connectivity index (χ2n) is 7.09. The molecule has 0 unspecified atom stereocenters. The molecule has 0 aromatic carbocycles. The lowest BCUT2D eigenvalue weighted by Gasteiger charge is -2.16. The van der Waals surface area contributed by atoms with Crippen molar-refractivity contribution in [2.45, 2.75) is 91.0 Å². The molecule has 24 heavy (non-hydrogen) atoms. The number of rotatable bonds is 16. The fourth-order valence-corrected chi connectivity index (χ4v) is 2.70. The van der Waals surface area contributed by atoms with Crippen molar-refractivity contribution >= 4 is 11.9 Å². The molecule has 0 aliphatic carbocycles. The zero-order chi connectivity index (χ0) is 18.2. The van der Waals surface area contributed by atoms with E-state index in [1.807, 2.05) is 13.8 Å². The van der Waals surface area contributed by atoms with Gasteiger partial charge in [0.2, 0.25) is 5.91 Å². The third-order valence-electron chi connectivity index (χ3n) is 4.08. The van der Waals surface area contributed by atoms with Gasteiger partial charge in [0.1, 0.15) is 6.04 Å². The van der Waals surface area contributed by atoms with Crippen LogP contribution in [0.4, 0.5) is 0 Å². The van der Waals surface area contributed by atoms with Gasteiger partial charge in [0.05, 0.1) is 6.54 Å². The zero-order valence-corrected chi connectivity index (χ0v) is 15.9. The molecular weight excluding hydrogens is 304 g/mol. The van der Waals surface area contributed by atoms with Crippen LogP contribution >= 0.6 is 0 Å². The Morgan fingerprint density at radius 2 is 1.46 bits per heavy atom. The first-order valence-corrected chi connectivity index (χ1v) is 9.70. The van der Waals surface area contributed by atoms with Crippen LogP contribution < -0.4 is 10.6 Å². The molecule has 5 nitrogen and oxygen atoms in total. The maximum absolute atomic E-state index is 11.8. The number of nitrogens with one attached hydrogen (secondary N) is 2. The van der Waals surface area contributed by atoms with Gasteiger partial charge in [0.15, 0.2) is 0 Å². The third kappa shape index (κ3) is 14.5. The zero-order valence-electron chi connectivity index (χ0n) is 15.9. The number of carbonyl (C=O) groups excluding carboxylic acids is 1. The molecule has 0 rings (SSSR count). The van der Waals surface area contributed by atoms with Crippen molar-refractivity contribution in [3.63, 3.8) is 0 Å². The molecular formula is C19H38N2O3. The number of carboxylic acid groups (broad SMARTS) is 1. The van der Waals surface area contributed by atoms with Crippen LogP contribution in [0.5, 0.6) is 0 Å². The topological polar surface area (TPSA) is 78.4 Å². The van der Waals surface area contributed by atoms with Gasteiger partial charge < -0.3 is 15.7 Å². The summed E-state index contributed by atoms with van der Waals surface area (Å²) in [6, 6.07) is -0.785. The van der Waals surface area contributed by atoms with Gasteiger partial charge in [-0.1, -0.05) is 72.1 Å². The SMILES string of the molecule is CCCCCCCCCCCNCC(=O)N[C@@H](CC(C)C)C(=O)O. The first kappa shape index (κ1) is 22.9. The summed E-state index contributed by atoms with van der Waals surface area (Å²) in [6.07, 6.45) is 12.0. The van der Waals surface area contributed by atoms with E-state index in [0.717, 1.165) is 13.0 Å². The van der Waals surface area contributed by atoms with Crippen molar-refractivity contribution in [3.8, 4) is 0 Å². The summed E-state index contributed by atoms with van der Waals surface area (Å²) in [4.78, 5) is 22.9. The Balaban J connectivity index is 3.53. The molecule has 3 N–H and O–H groups in total. The standard InChI is InChI=1S/C19H38N2O3/c1-4-5-6-7-8-9-10-11-12-13-20-15-18(22)21-17(19(23)24)14-16(2)3/h16-17,20H,4-15H2,1-3H3,(H,21,22)(H,23,24)/t17-/m0/s1. The van der Waals surface area contributed by atoms with Crippen LogP contribution in [0.3, 0.4) is 0 Å².